The first-order valence-electron chi connectivity index (χ1n) is 8.83. The Kier molecular flexibility index (Phi) is 3.90. The number of nitrogens with one attached hydrogen (secondary N) is 1. The highest BCUT2D eigenvalue weighted by Crippen LogP contribution is 2.49. The van der Waals surface area contributed by atoms with Crippen LogP contribution in [0.2, 0.25) is 0 Å². The van der Waals surface area contributed by atoms with E-state index >= 15 is 0 Å². The van der Waals surface area contributed by atoms with Gasteiger partial charge in [-0.15, -0.1) is 0 Å². The van der Waals surface area contributed by atoms with Gasteiger partial charge in [-0.25, -0.2) is 0 Å². The average molecular weight is 341 g/mol. The summed E-state index contributed by atoms with van der Waals surface area (Å²) in [4.78, 5) is 26.7. The lowest BCUT2D eigenvalue weighted by atomic mass is 9.59. The number of rotatable bonds is 3. The fraction of sp³-hybridized carbons (Fsp3) is 0.474. The predicted octanol–water partition coefficient (Wildman–Crippen LogP) is 2.43. The Morgan fingerprint density at radius 1 is 1.24 bits per heavy atom. The van der Waals surface area contributed by atoms with E-state index in [0.29, 0.717) is 11.3 Å². The molecule has 4 rings (SSSR count). The molecule has 0 bridgehead atoms. The molecule has 6 nitrogen and oxygen atoms in total. The minimum Gasteiger partial charge on any atom is -0.459 e. The summed E-state index contributed by atoms with van der Waals surface area (Å²) in [5, 5.41) is 3.20. The molecule has 1 unspecified atom stereocenters. The fourth-order valence-corrected chi connectivity index (χ4v) is 4.11. The molecule has 2 aliphatic rings. The number of aryl methyl sites for hydroxylation is 1. The van der Waals surface area contributed by atoms with E-state index in [-0.39, 0.29) is 23.3 Å². The first-order chi connectivity index (χ1) is 12.1. The first kappa shape index (κ1) is 16.0. The Labute approximate surface area is 146 Å². The molecule has 1 aliphatic carbocycles. The van der Waals surface area contributed by atoms with Crippen LogP contribution < -0.4 is 5.32 Å². The standard InChI is InChI=1S/C19H23N3O3/c1-21-9-5-14(13-21)17(23)20-16-4-6-19(16)7-10-22(11-8-19)18(24)15-3-2-12-25-15/h2-3,5,9,12-13,16H,4,6-8,10-11H2,1H3,(H,20,23). The van der Waals surface area contributed by atoms with E-state index < -0.39 is 0 Å². The fourth-order valence-electron chi connectivity index (χ4n) is 4.11. The number of hydrogen-bond donors (Lipinski definition) is 1. The number of likely N-dealkylation sites (tertiary alicyclic amines) is 1. The van der Waals surface area contributed by atoms with E-state index in [1.165, 1.54) is 6.26 Å². The highest BCUT2D eigenvalue weighted by Gasteiger charge is 2.49. The number of furan rings is 1. The Morgan fingerprint density at radius 3 is 2.60 bits per heavy atom. The van der Waals surface area contributed by atoms with Crippen molar-refractivity contribution < 1.29 is 14.0 Å². The zero-order valence-corrected chi connectivity index (χ0v) is 14.4. The summed E-state index contributed by atoms with van der Waals surface area (Å²) >= 11 is 0. The van der Waals surface area contributed by atoms with Gasteiger partial charge in [0.2, 0.25) is 0 Å². The summed E-state index contributed by atoms with van der Waals surface area (Å²) in [6, 6.07) is 5.49. The van der Waals surface area contributed by atoms with Gasteiger partial charge in [0.05, 0.1) is 11.8 Å². The van der Waals surface area contributed by atoms with Crippen molar-refractivity contribution in [1.82, 2.24) is 14.8 Å². The maximum Gasteiger partial charge on any atom is 0.289 e. The molecule has 25 heavy (non-hydrogen) atoms. The molecular weight excluding hydrogens is 318 g/mol. The van der Waals surface area contributed by atoms with Gasteiger partial charge in [0.1, 0.15) is 0 Å². The molecule has 0 radical (unpaired) electrons. The van der Waals surface area contributed by atoms with Gasteiger partial charge in [0.25, 0.3) is 11.8 Å². The van der Waals surface area contributed by atoms with Gasteiger partial charge < -0.3 is 19.2 Å². The summed E-state index contributed by atoms with van der Waals surface area (Å²) in [5.74, 6) is 0.362. The summed E-state index contributed by atoms with van der Waals surface area (Å²) in [6.07, 6.45) is 9.24. The molecule has 3 heterocycles. The van der Waals surface area contributed by atoms with E-state index in [4.69, 9.17) is 4.42 Å². The second kappa shape index (κ2) is 6.10. The maximum atomic E-state index is 12.4. The zero-order valence-electron chi connectivity index (χ0n) is 14.4. The number of piperidine rings is 1. The van der Waals surface area contributed by atoms with E-state index in [1.807, 2.05) is 35.0 Å². The highest BCUT2D eigenvalue weighted by atomic mass is 16.3. The van der Waals surface area contributed by atoms with Gasteiger partial charge in [0.15, 0.2) is 5.76 Å². The highest BCUT2D eigenvalue weighted by molar-refractivity contribution is 5.94. The first-order valence-corrected chi connectivity index (χ1v) is 8.83. The van der Waals surface area contributed by atoms with Gasteiger partial charge in [-0.05, 0) is 49.3 Å². The summed E-state index contributed by atoms with van der Waals surface area (Å²) in [7, 11) is 1.91. The van der Waals surface area contributed by atoms with Crippen LogP contribution in [0.4, 0.5) is 0 Å². The van der Waals surface area contributed by atoms with E-state index in [0.717, 1.165) is 38.8 Å². The van der Waals surface area contributed by atoms with Crippen LogP contribution in [-0.4, -0.2) is 40.4 Å². The lowest BCUT2D eigenvalue weighted by Gasteiger charge is -2.54. The Balaban J connectivity index is 1.36. The minimum absolute atomic E-state index is 0.00114. The molecule has 2 amide bonds. The van der Waals surface area contributed by atoms with Crippen LogP contribution >= 0.6 is 0 Å². The van der Waals surface area contributed by atoms with Crippen molar-refractivity contribution in [1.29, 1.82) is 0 Å². The van der Waals surface area contributed by atoms with Crippen molar-refractivity contribution in [3.05, 3.63) is 48.2 Å². The third-order valence-electron chi connectivity index (χ3n) is 5.85. The van der Waals surface area contributed by atoms with Gasteiger partial charge in [0, 0.05) is 38.6 Å². The lowest BCUT2D eigenvalue weighted by molar-refractivity contribution is -0.00316. The molecule has 6 heteroatoms. The number of nitrogens with zero attached hydrogens (tertiary/aromatic N) is 2. The molecule has 0 aromatic carbocycles. The number of hydrogen-bond acceptors (Lipinski definition) is 3. The molecule has 1 atom stereocenters. The van der Waals surface area contributed by atoms with Gasteiger partial charge in [-0.3, -0.25) is 9.59 Å². The second-order valence-electron chi connectivity index (χ2n) is 7.26. The quantitative estimate of drug-likeness (QED) is 0.932. The van der Waals surface area contributed by atoms with Gasteiger partial charge >= 0.3 is 0 Å². The molecule has 2 aromatic heterocycles. The van der Waals surface area contributed by atoms with Crippen LogP contribution in [-0.2, 0) is 7.05 Å². The Hall–Kier alpha value is -2.50. The molecule has 1 saturated carbocycles. The van der Waals surface area contributed by atoms with E-state index in [1.54, 1.807) is 12.1 Å². The summed E-state index contributed by atoms with van der Waals surface area (Å²) in [6.45, 7) is 1.44. The molecule has 1 N–H and O–H groups in total. The molecule has 1 aliphatic heterocycles. The maximum absolute atomic E-state index is 12.4. The minimum atomic E-state index is -0.0379. The smallest absolute Gasteiger partial charge is 0.289 e. The zero-order chi connectivity index (χ0) is 17.4. The summed E-state index contributed by atoms with van der Waals surface area (Å²) < 4.78 is 7.09. The normalized spacial score (nSPS) is 21.8. The van der Waals surface area contributed by atoms with Crippen LogP contribution in [0, 0.1) is 5.41 Å². The van der Waals surface area contributed by atoms with Crippen molar-refractivity contribution in [2.75, 3.05) is 13.1 Å². The third kappa shape index (κ3) is 2.86. The van der Waals surface area contributed by atoms with E-state index in [9.17, 15) is 9.59 Å². The monoisotopic (exact) mass is 341 g/mol. The molecular formula is C19H23N3O3. The lowest BCUT2D eigenvalue weighted by Crippen LogP contribution is -2.59. The number of carbonyl (C=O) groups excluding carboxylic acids is 2. The van der Waals surface area contributed by atoms with Crippen molar-refractivity contribution in [2.45, 2.75) is 31.7 Å². The van der Waals surface area contributed by atoms with Crippen LogP contribution in [0.25, 0.3) is 0 Å². The number of amides is 2. The summed E-state index contributed by atoms with van der Waals surface area (Å²) in [5.41, 5.74) is 0.847. The topological polar surface area (TPSA) is 67.5 Å². The predicted molar refractivity (Wildman–Crippen MR) is 92.2 cm³/mol. The molecule has 132 valence electrons. The number of carbonyl (C=O) groups is 2. The van der Waals surface area contributed by atoms with Crippen LogP contribution in [0.1, 0.15) is 46.6 Å². The van der Waals surface area contributed by atoms with Crippen molar-refractivity contribution >= 4 is 11.8 Å². The molecule has 2 fully saturated rings. The number of aromatic nitrogens is 1. The second-order valence-corrected chi connectivity index (χ2v) is 7.26. The van der Waals surface area contributed by atoms with Crippen LogP contribution in [0.3, 0.4) is 0 Å². The van der Waals surface area contributed by atoms with E-state index in [2.05, 4.69) is 5.32 Å². The Morgan fingerprint density at radius 2 is 2.04 bits per heavy atom. The van der Waals surface area contributed by atoms with Crippen molar-refractivity contribution in [3.8, 4) is 0 Å². The average Bonchev–Trinajstić information content (AvgIpc) is 3.30. The largest absolute Gasteiger partial charge is 0.459 e. The Bertz CT molecular complexity index is 770. The van der Waals surface area contributed by atoms with Crippen molar-refractivity contribution in [2.24, 2.45) is 12.5 Å². The van der Waals surface area contributed by atoms with Gasteiger partial charge in [-0.1, -0.05) is 0 Å². The molecule has 2 aromatic rings. The molecule has 1 spiro atoms. The van der Waals surface area contributed by atoms with Gasteiger partial charge in [-0.2, -0.15) is 0 Å². The van der Waals surface area contributed by atoms with Crippen LogP contribution in [0.15, 0.2) is 41.3 Å². The molecule has 1 saturated heterocycles. The SMILES string of the molecule is Cn1ccc(C(=O)NC2CCC23CCN(C(=O)c2ccco2)CC3)c1. The van der Waals surface area contributed by atoms with Crippen LogP contribution in [0.5, 0.6) is 0 Å². The third-order valence-corrected chi connectivity index (χ3v) is 5.85. The van der Waals surface area contributed by atoms with Crippen molar-refractivity contribution in [3.63, 3.8) is 0 Å².